The SMILES string of the molecule is COc1cc(CCN2CCN([n+]3cc(N=C([O-])[C@H](C)CSC(C)=O)on3)CC2)cc(OC)c1OC. The maximum atomic E-state index is 12.2. The van der Waals surface area contributed by atoms with Gasteiger partial charge in [-0.1, -0.05) is 18.7 Å². The standard InChI is InChI=1S/C23H33N5O6S/c1-16(15-35-17(2)29)23(30)24-21-14-28(25-34-21)27-10-8-26(9-11-27)7-6-18-12-19(31-3)22(33-5)20(13-18)32-4/h12-14,16H,6-11,15H2,1-5H3/t16-/m1/s1. The van der Waals surface area contributed by atoms with Crippen molar-refractivity contribution in [1.82, 2.24) is 10.2 Å². The van der Waals surface area contributed by atoms with E-state index in [-0.39, 0.29) is 22.8 Å². The van der Waals surface area contributed by atoms with Crippen LogP contribution in [0.3, 0.4) is 0 Å². The van der Waals surface area contributed by atoms with Gasteiger partial charge in [-0.25, -0.2) is 4.99 Å². The highest BCUT2D eigenvalue weighted by Gasteiger charge is 2.26. The minimum absolute atomic E-state index is 0.0234. The van der Waals surface area contributed by atoms with E-state index in [4.69, 9.17) is 18.7 Å². The second kappa shape index (κ2) is 12.6. The minimum atomic E-state index is -0.378. The average molecular weight is 508 g/mol. The van der Waals surface area contributed by atoms with Crippen LogP contribution >= 0.6 is 11.8 Å². The number of rotatable bonds is 11. The monoisotopic (exact) mass is 507 g/mol. The van der Waals surface area contributed by atoms with Gasteiger partial charge in [0.1, 0.15) is 0 Å². The lowest BCUT2D eigenvalue weighted by molar-refractivity contribution is -0.759. The summed E-state index contributed by atoms with van der Waals surface area (Å²) in [5.74, 6) is 1.73. The molecule has 0 bridgehead atoms. The van der Waals surface area contributed by atoms with E-state index in [1.165, 1.54) is 6.92 Å². The Labute approximate surface area is 209 Å². The van der Waals surface area contributed by atoms with E-state index in [9.17, 15) is 9.90 Å². The minimum Gasteiger partial charge on any atom is -0.861 e. The molecular formula is C23H33N5O6S. The van der Waals surface area contributed by atoms with Gasteiger partial charge in [-0.05, 0) is 35.9 Å². The summed E-state index contributed by atoms with van der Waals surface area (Å²) in [5.41, 5.74) is 1.11. The van der Waals surface area contributed by atoms with Crippen molar-refractivity contribution in [3.63, 3.8) is 0 Å². The molecule has 1 aromatic heterocycles. The van der Waals surface area contributed by atoms with E-state index < -0.39 is 0 Å². The zero-order valence-corrected chi connectivity index (χ0v) is 21.7. The van der Waals surface area contributed by atoms with Gasteiger partial charge in [0.15, 0.2) is 16.6 Å². The Balaban J connectivity index is 1.51. The quantitative estimate of drug-likeness (QED) is 0.245. The van der Waals surface area contributed by atoms with Crippen LogP contribution in [0.5, 0.6) is 17.2 Å². The van der Waals surface area contributed by atoms with Crippen molar-refractivity contribution < 1.29 is 33.4 Å². The van der Waals surface area contributed by atoms with Gasteiger partial charge in [0.05, 0.1) is 39.2 Å². The third-order valence-electron chi connectivity index (χ3n) is 5.70. The Bertz CT molecular complexity index is 997. The zero-order chi connectivity index (χ0) is 25.4. The Hall–Kier alpha value is -2.99. The summed E-state index contributed by atoms with van der Waals surface area (Å²) in [6.45, 7) is 7.33. The van der Waals surface area contributed by atoms with Crippen LogP contribution in [-0.2, 0) is 11.2 Å². The number of hydrogen-bond acceptors (Lipinski definition) is 11. The van der Waals surface area contributed by atoms with Crippen LogP contribution in [0.4, 0.5) is 5.88 Å². The fourth-order valence-electron chi connectivity index (χ4n) is 3.68. The van der Waals surface area contributed by atoms with Gasteiger partial charge in [-0.15, -0.1) is 0 Å². The molecule has 0 amide bonds. The van der Waals surface area contributed by atoms with Gasteiger partial charge < -0.3 is 19.3 Å². The van der Waals surface area contributed by atoms with E-state index in [1.54, 1.807) is 39.2 Å². The Morgan fingerprint density at radius 3 is 2.43 bits per heavy atom. The number of nitrogens with zero attached hydrogens (tertiary/aromatic N) is 5. The van der Waals surface area contributed by atoms with Crippen molar-refractivity contribution in [1.29, 1.82) is 0 Å². The maximum absolute atomic E-state index is 12.2. The van der Waals surface area contributed by atoms with E-state index in [1.807, 2.05) is 17.1 Å². The van der Waals surface area contributed by atoms with Crippen LogP contribution in [0.25, 0.3) is 0 Å². The largest absolute Gasteiger partial charge is 0.861 e. The first-order valence-electron chi connectivity index (χ1n) is 11.4. The topological polar surface area (TPSA) is 117 Å². The molecule has 0 radical (unpaired) electrons. The lowest BCUT2D eigenvalue weighted by Gasteiger charge is -2.30. The fraction of sp³-hybridized carbons (Fsp3) is 0.565. The summed E-state index contributed by atoms with van der Waals surface area (Å²) in [7, 11) is 4.83. The number of ether oxygens (including phenoxy) is 3. The Kier molecular flexibility index (Phi) is 9.61. The van der Waals surface area contributed by atoms with Crippen LogP contribution in [-0.4, -0.2) is 81.0 Å². The highest BCUT2D eigenvalue weighted by molar-refractivity contribution is 8.13. The number of aliphatic imine (C=N–C) groups is 1. The smallest absolute Gasteiger partial charge is 0.324 e. The molecule has 11 nitrogen and oxygen atoms in total. The molecule has 192 valence electrons. The summed E-state index contributed by atoms with van der Waals surface area (Å²) in [5, 5.41) is 18.2. The highest BCUT2D eigenvalue weighted by Crippen LogP contribution is 2.38. The molecule has 1 aliphatic heterocycles. The maximum Gasteiger partial charge on any atom is 0.324 e. The molecule has 0 N–H and O–H groups in total. The number of aromatic nitrogens is 2. The third-order valence-corrected chi connectivity index (χ3v) is 6.78. The zero-order valence-electron chi connectivity index (χ0n) is 20.9. The number of benzene rings is 1. The van der Waals surface area contributed by atoms with Crippen molar-refractivity contribution in [2.24, 2.45) is 10.9 Å². The fourth-order valence-corrected chi connectivity index (χ4v) is 4.30. The summed E-state index contributed by atoms with van der Waals surface area (Å²) in [6, 6.07) is 3.96. The lowest BCUT2D eigenvalue weighted by Crippen LogP contribution is -2.65. The molecule has 0 spiro atoms. The van der Waals surface area contributed by atoms with Crippen molar-refractivity contribution >= 4 is 28.7 Å². The lowest BCUT2D eigenvalue weighted by atomic mass is 10.1. The number of methoxy groups -OCH3 is 3. The second-order valence-electron chi connectivity index (χ2n) is 8.19. The number of carbonyl (C=O) groups is 1. The van der Waals surface area contributed by atoms with Gasteiger partial charge in [0.2, 0.25) is 11.0 Å². The van der Waals surface area contributed by atoms with Crippen LogP contribution < -0.4 is 29.1 Å². The molecular weight excluding hydrogens is 474 g/mol. The molecule has 2 heterocycles. The molecule has 1 saturated heterocycles. The van der Waals surface area contributed by atoms with Crippen LogP contribution in [0.2, 0.25) is 0 Å². The molecule has 1 fully saturated rings. The summed E-state index contributed by atoms with van der Waals surface area (Å²) >= 11 is 1.11. The van der Waals surface area contributed by atoms with E-state index in [0.29, 0.717) is 23.0 Å². The van der Waals surface area contributed by atoms with Crippen molar-refractivity contribution in [3.05, 3.63) is 23.9 Å². The van der Waals surface area contributed by atoms with E-state index in [2.05, 4.69) is 15.2 Å². The van der Waals surface area contributed by atoms with Gasteiger partial charge in [-0.3, -0.25) is 14.2 Å². The molecule has 12 heteroatoms. The van der Waals surface area contributed by atoms with Crippen molar-refractivity contribution in [2.45, 2.75) is 20.3 Å². The van der Waals surface area contributed by atoms with Crippen molar-refractivity contribution in [3.8, 4) is 17.2 Å². The van der Waals surface area contributed by atoms with Crippen LogP contribution in [0.1, 0.15) is 19.4 Å². The van der Waals surface area contributed by atoms with Crippen LogP contribution in [0.15, 0.2) is 27.8 Å². The summed E-state index contributed by atoms with van der Waals surface area (Å²) in [4.78, 5) is 19.0. The second-order valence-corrected chi connectivity index (χ2v) is 9.39. The molecule has 1 aliphatic rings. The molecule has 1 aromatic carbocycles. The molecule has 3 rings (SSSR count). The normalized spacial score (nSPS) is 15.7. The molecule has 0 unspecified atom stereocenters. The van der Waals surface area contributed by atoms with E-state index >= 15 is 0 Å². The average Bonchev–Trinajstić information content (AvgIpc) is 3.33. The first-order valence-corrected chi connectivity index (χ1v) is 12.4. The van der Waals surface area contributed by atoms with Gasteiger partial charge in [0.25, 0.3) is 6.20 Å². The molecule has 0 saturated carbocycles. The first kappa shape index (κ1) is 26.6. The number of hydrogen-bond donors (Lipinski definition) is 0. The van der Waals surface area contributed by atoms with Gasteiger partial charge >= 0.3 is 5.88 Å². The molecule has 35 heavy (non-hydrogen) atoms. The van der Waals surface area contributed by atoms with Crippen LogP contribution in [0, 0.1) is 5.92 Å². The number of carbonyl (C=O) groups excluding carboxylic acids is 1. The summed E-state index contributed by atoms with van der Waals surface area (Å²) < 4.78 is 21.5. The predicted octanol–water partition coefficient (Wildman–Crippen LogP) is 0.790. The number of thioether (sulfide) groups is 1. The molecule has 1 atom stereocenters. The van der Waals surface area contributed by atoms with Crippen molar-refractivity contribution in [2.75, 3.05) is 64.8 Å². The Morgan fingerprint density at radius 1 is 1.20 bits per heavy atom. The van der Waals surface area contributed by atoms with Gasteiger partial charge in [-0.2, -0.15) is 5.01 Å². The molecule has 0 aliphatic carbocycles. The first-order chi connectivity index (χ1) is 16.8. The molecule has 2 aromatic rings. The third kappa shape index (κ3) is 7.25. The van der Waals surface area contributed by atoms with E-state index in [0.717, 1.165) is 56.5 Å². The Morgan fingerprint density at radius 2 is 1.86 bits per heavy atom. The van der Waals surface area contributed by atoms with Gasteiger partial charge in [0, 0.05) is 32.3 Å². The summed E-state index contributed by atoms with van der Waals surface area (Å²) in [6.07, 6.45) is 2.45. The number of piperazine rings is 1. The predicted molar refractivity (Wildman–Crippen MR) is 130 cm³/mol. The highest BCUT2D eigenvalue weighted by atomic mass is 32.2.